The third-order valence-electron chi connectivity index (χ3n) is 12.4. The van der Waals surface area contributed by atoms with Crippen molar-refractivity contribution in [3.63, 3.8) is 0 Å². The van der Waals surface area contributed by atoms with E-state index < -0.39 is 27.8 Å². The van der Waals surface area contributed by atoms with E-state index in [4.69, 9.17) is 0 Å². The van der Waals surface area contributed by atoms with Gasteiger partial charge in [0, 0.05) is 56.9 Å². The number of sulfonamides is 1. The highest BCUT2D eigenvalue weighted by Crippen LogP contribution is 2.24. The molecule has 0 aliphatic carbocycles. The van der Waals surface area contributed by atoms with Crippen LogP contribution >= 0.6 is 0 Å². The van der Waals surface area contributed by atoms with Crippen LogP contribution in [0.25, 0.3) is 54.6 Å². The van der Waals surface area contributed by atoms with Crippen LogP contribution in [0.2, 0.25) is 0 Å². The largest absolute Gasteiger partial charge is 0.354 e. The van der Waals surface area contributed by atoms with E-state index in [1.54, 1.807) is 66.7 Å². The molecule has 20 heteroatoms. The molecule has 0 bridgehead atoms. The predicted molar refractivity (Wildman–Crippen MR) is 283 cm³/mol. The molecule has 0 aliphatic heterocycles. The number of aromatic nitrogens is 4. The Morgan fingerprint density at radius 2 is 1.18 bits per heavy atom. The number of nitrogens with one attached hydrogen (secondary N) is 7. The van der Waals surface area contributed by atoms with Crippen LogP contribution in [-0.4, -0.2) is 114 Å². The summed E-state index contributed by atoms with van der Waals surface area (Å²) in [5, 5.41) is 15.2. The number of carbonyl (C=O) groups excluding carboxylic acids is 3. The van der Waals surface area contributed by atoms with Gasteiger partial charge in [-0.3, -0.25) is 24.0 Å². The third kappa shape index (κ3) is 12.4. The highest BCUT2D eigenvalue weighted by atomic mass is 32.2. The molecule has 1 unspecified atom stereocenters. The molecule has 3 heterocycles. The average molecular weight is 998 g/mol. The van der Waals surface area contributed by atoms with Crippen molar-refractivity contribution in [3.8, 4) is 0 Å². The minimum absolute atomic E-state index is 0.0443. The molecular formula is C52H59N11O8S. The summed E-state index contributed by atoms with van der Waals surface area (Å²) in [5.74, 6) is -1.31. The number of rotatable bonds is 20. The molecule has 19 nitrogen and oxygen atoms in total. The van der Waals surface area contributed by atoms with Crippen LogP contribution in [0.15, 0.2) is 127 Å². The monoisotopic (exact) mass is 997 g/mol. The van der Waals surface area contributed by atoms with Crippen LogP contribution in [-0.2, 0) is 19.6 Å². The number of nitrogens with zero attached hydrogens (tertiary/aromatic N) is 4. The van der Waals surface area contributed by atoms with E-state index in [0.717, 1.165) is 45.7 Å². The lowest BCUT2D eigenvalue weighted by Gasteiger charge is -2.17. The van der Waals surface area contributed by atoms with Gasteiger partial charge in [-0.2, -0.15) is 10.2 Å². The van der Waals surface area contributed by atoms with Gasteiger partial charge in [-0.1, -0.05) is 39.8 Å². The Labute approximate surface area is 414 Å². The van der Waals surface area contributed by atoms with Crippen LogP contribution in [0, 0.1) is 0 Å². The van der Waals surface area contributed by atoms with Gasteiger partial charge in [-0.05, 0) is 144 Å². The van der Waals surface area contributed by atoms with Gasteiger partial charge in [0.25, 0.3) is 11.8 Å². The van der Waals surface area contributed by atoms with Crippen LogP contribution in [0.5, 0.6) is 0 Å². The van der Waals surface area contributed by atoms with E-state index in [1.807, 2.05) is 18.2 Å². The highest BCUT2D eigenvalue weighted by molar-refractivity contribution is 7.89. The van der Waals surface area contributed by atoms with Gasteiger partial charge in [0.2, 0.25) is 16.1 Å². The number of imidazole rings is 1. The summed E-state index contributed by atoms with van der Waals surface area (Å²) in [7, 11) is -3.77. The number of fused-ring (bicyclic) bond motifs is 5. The second kappa shape index (κ2) is 23.5. The number of para-hydroxylation sites is 1. The molecule has 3 aromatic heterocycles. The van der Waals surface area contributed by atoms with Crippen molar-refractivity contribution in [1.82, 2.24) is 39.8 Å². The molecule has 0 fully saturated rings. The molecule has 0 saturated carbocycles. The van der Waals surface area contributed by atoms with E-state index in [0.29, 0.717) is 85.7 Å². The zero-order chi connectivity index (χ0) is 51.5. The molecule has 2 amide bonds. The van der Waals surface area contributed by atoms with E-state index in [2.05, 4.69) is 83.0 Å². The average Bonchev–Trinajstić information content (AvgIpc) is 3.75. The number of anilines is 1. The Bertz CT molecular complexity index is 3590. The lowest BCUT2D eigenvalue weighted by atomic mass is 10.1. The van der Waals surface area contributed by atoms with Gasteiger partial charge in [-0.15, -0.1) is 0 Å². The topological polar surface area (TPSA) is 267 Å². The number of amides is 2. The molecule has 8 rings (SSSR count). The number of carbonyl (C=O) groups is 3. The number of hydrogen-bond acceptors (Lipinski definition) is 12. The molecule has 5 aromatic carbocycles. The lowest BCUT2D eigenvalue weighted by Crippen LogP contribution is -2.31. The molecule has 1 atom stereocenters. The number of H-pyrrole nitrogens is 4. The Morgan fingerprint density at radius 1 is 0.611 bits per heavy atom. The van der Waals surface area contributed by atoms with Gasteiger partial charge in [0.1, 0.15) is 0 Å². The van der Waals surface area contributed by atoms with Gasteiger partial charge in [0.15, 0.2) is 16.6 Å². The number of azo groups is 1. The predicted octanol–water partition coefficient (Wildman–Crippen LogP) is 6.68. The summed E-state index contributed by atoms with van der Waals surface area (Å²) in [6.45, 7) is 16.1. The molecule has 8 aromatic rings. The summed E-state index contributed by atoms with van der Waals surface area (Å²) in [6, 6.07) is 24.9. The first-order chi connectivity index (χ1) is 34.6. The van der Waals surface area contributed by atoms with E-state index >= 15 is 0 Å². The zero-order valence-electron chi connectivity index (χ0n) is 40.8. The maximum atomic E-state index is 13.4. The summed E-state index contributed by atoms with van der Waals surface area (Å²) < 4.78 is 28.4. The van der Waals surface area contributed by atoms with Gasteiger partial charge in [0.05, 0.1) is 32.6 Å². The number of benzene rings is 5. The number of aromatic amines is 4. The molecule has 0 spiro atoms. The van der Waals surface area contributed by atoms with Crippen molar-refractivity contribution in [2.24, 2.45) is 10.2 Å². The summed E-state index contributed by atoms with van der Waals surface area (Å²) >= 11 is 0. The van der Waals surface area contributed by atoms with Crippen LogP contribution in [0.3, 0.4) is 0 Å². The Kier molecular flexibility index (Phi) is 17.0. The number of ketones is 1. The van der Waals surface area contributed by atoms with E-state index in [9.17, 15) is 37.2 Å². The fraction of sp³-hybridized carbons (Fsp3) is 0.308. The van der Waals surface area contributed by atoms with Crippen LogP contribution < -0.4 is 31.9 Å². The SMILES string of the molecule is CCN(CC)CCCNC(=O)c1ccc(N=NC(C(C)=O)C(=O)Nc2ccc3[nH]c(=O)[nH]c3c2)cc1.CCN(CC)CCCNS(=O)(=O)c1ccc2[nH]c3cc4c(=O)c5ccccc5[nH]c4cc3c(=O)c2c1. The second-order valence-electron chi connectivity index (χ2n) is 17.1. The Hall–Kier alpha value is -7.65. The standard InChI is InChI=1S/C27H28N4O4S.C25H31N7O4/c1-3-31(4-2)13-7-12-28-36(34,35)17-10-11-23-19(14-17)27(33)21-16-24-20(15-25(21)30-23)26(32)18-8-5-6-9-22(18)29-24;1-4-32(5-2)14-6-13-26-23(34)17-7-9-18(10-8-17)30-31-22(16(3)33)24(35)27-19-11-12-20-21(15-19)29-25(36)28-20/h5-6,8-11,14-16,28H,3-4,7,12-13H2,1-2H3,(H,29,32)(H,30,33);7-12,15,22H,4-6,13-14H2,1-3H3,(H,26,34)(H,27,35)(H2,28,29,36). The van der Waals surface area contributed by atoms with Gasteiger partial charge in [-0.25, -0.2) is 17.9 Å². The molecule has 0 saturated heterocycles. The summed E-state index contributed by atoms with van der Waals surface area (Å²) in [6.07, 6.45) is 1.56. The minimum Gasteiger partial charge on any atom is -0.354 e. The highest BCUT2D eigenvalue weighted by Gasteiger charge is 2.24. The first kappa shape index (κ1) is 52.2. The maximum absolute atomic E-state index is 13.4. The molecule has 72 heavy (non-hydrogen) atoms. The molecular weight excluding hydrogens is 939 g/mol. The normalized spacial score (nSPS) is 12.3. The van der Waals surface area contributed by atoms with Crippen molar-refractivity contribution >= 4 is 93.6 Å². The van der Waals surface area contributed by atoms with Crippen molar-refractivity contribution in [1.29, 1.82) is 0 Å². The molecule has 376 valence electrons. The molecule has 0 aliphatic rings. The second-order valence-corrected chi connectivity index (χ2v) is 18.9. The Balaban J connectivity index is 0.000000211. The van der Waals surface area contributed by atoms with Crippen LogP contribution in [0.1, 0.15) is 57.8 Å². The summed E-state index contributed by atoms with van der Waals surface area (Å²) in [4.78, 5) is 91.1. The van der Waals surface area contributed by atoms with E-state index in [-0.39, 0.29) is 32.7 Å². The fourth-order valence-corrected chi connectivity index (χ4v) is 9.36. The fourth-order valence-electron chi connectivity index (χ4n) is 8.26. The first-order valence-electron chi connectivity index (χ1n) is 23.9. The number of Topliss-reactive ketones (excluding diaryl/α,β-unsaturated/α-hetero) is 1. The Morgan fingerprint density at radius 3 is 1.82 bits per heavy atom. The third-order valence-corrected chi connectivity index (χ3v) is 13.9. The lowest BCUT2D eigenvalue weighted by molar-refractivity contribution is -0.126. The van der Waals surface area contributed by atoms with Gasteiger partial charge < -0.3 is 40.4 Å². The van der Waals surface area contributed by atoms with Crippen molar-refractivity contribution < 1.29 is 22.8 Å². The number of pyridine rings is 2. The first-order valence-corrected chi connectivity index (χ1v) is 25.4. The van der Waals surface area contributed by atoms with Crippen LogP contribution in [0.4, 0.5) is 11.4 Å². The van der Waals surface area contributed by atoms with Crippen molar-refractivity contribution in [2.45, 2.75) is 58.4 Å². The summed E-state index contributed by atoms with van der Waals surface area (Å²) in [5.41, 5.74) is 3.89. The van der Waals surface area contributed by atoms with Crippen molar-refractivity contribution in [3.05, 3.63) is 134 Å². The molecule has 0 radical (unpaired) electrons. The van der Waals surface area contributed by atoms with Gasteiger partial charge >= 0.3 is 5.69 Å². The van der Waals surface area contributed by atoms with E-state index in [1.165, 1.54) is 19.1 Å². The minimum atomic E-state index is -3.77. The number of hydrogen-bond donors (Lipinski definition) is 7. The van der Waals surface area contributed by atoms with Crippen molar-refractivity contribution in [2.75, 3.05) is 57.7 Å². The molecule has 7 N–H and O–H groups in total. The smallest absolute Gasteiger partial charge is 0.323 e. The zero-order valence-corrected chi connectivity index (χ0v) is 41.7. The maximum Gasteiger partial charge on any atom is 0.323 e. The quantitative estimate of drug-likeness (QED) is 0.0184.